The van der Waals surface area contributed by atoms with Crippen LogP contribution in [-0.2, 0) is 16.1 Å². The van der Waals surface area contributed by atoms with E-state index in [9.17, 15) is 9.90 Å². The van der Waals surface area contributed by atoms with E-state index >= 15 is 0 Å². The van der Waals surface area contributed by atoms with Crippen molar-refractivity contribution in [3.05, 3.63) is 54.6 Å². The molecule has 5 heteroatoms. The number of para-hydroxylation sites is 1. The van der Waals surface area contributed by atoms with Gasteiger partial charge in [-0.1, -0.05) is 50.1 Å². The number of esters is 1. The van der Waals surface area contributed by atoms with Gasteiger partial charge in [-0.25, -0.2) is 0 Å². The molecule has 0 fully saturated rings. The second-order valence-electron chi connectivity index (χ2n) is 7.24. The van der Waals surface area contributed by atoms with E-state index in [2.05, 4.69) is 47.9 Å². The molecule has 0 aliphatic rings. The molecule has 0 amide bonds. The number of aliphatic hydroxyl groups is 1. The number of hydrogen-bond acceptors (Lipinski definition) is 4. The van der Waals surface area contributed by atoms with E-state index in [1.165, 1.54) is 30.7 Å². The summed E-state index contributed by atoms with van der Waals surface area (Å²) in [7, 11) is 0. The lowest BCUT2D eigenvalue weighted by Crippen LogP contribution is -2.24. The summed E-state index contributed by atoms with van der Waals surface area (Å²) < 4.78 is 12.9. The van der Waals surface area contributed by atoms with Crippen LogP contribution >= 0.6 is 0 Å². The lowest BCUT2D eigenvalue weighted by atomic mass is 10.1. The van der Waals surface area contributed by atoms with Crippen LogP contribution in [0.5, 0.6) is 5.75 Å². The van der Waals surface area contributed by atoms with Gasteiger partial charge in [0, 0.05) is 35.6 Å². The Kier molecular flexibility index (Phi) is 7.30. The van der Waals surface area contributed by atoms with E-state index in [1.54, 1.807) is 0 Å². The minimum atomic E-state index is -0.858. The summed E-state index contributed by atoms with van der Waals surface area (Å²) in [4.78, 5) is 10.8. The summed E-state index contributed by atoms with van der Waals surface area (Å²) in [6, 6.07) is 18.5. The number of unbranched alkanes of at least 4 members (excludes halogenated alkanes) is 2. The SMILES string of the molecule is CCCCCn1c(-c2cccc(OCC(O)COC(C)=O)c2)cc2ccccc21. The first-order valence-electron chi connectivity index (χ1n) is 10.2. The highest BCUT2D eigenvalue weighted by Crippen LogP contribution is 2.31. The van der Waals surface area contributed by atoms with Gasteiger partial charge in [0.15, 0.2) is 0 Å². The zero-order valence-electron chi connectivity index (χ0n) is 17.1. The largest absolute Gasteiger partial charge is 0.491 e. The van der Waals surface area contributed by atoms with Gasteiger partial charge in [0.05, 0.1) is 0 Å². The quantitative estimate of drug-likeness (QED) is 0.396. The highest BCUT2D eigenvalue weighted by atomic mass is 16.5. The number of carbonyl (C=O) groups excluding carboxylic acids is 1. The lowest BCUT2D eigenvalue weighted by Gasteiger charge is -2.14. The van der Waals surface area contributed by atoms with Crippen LogP contribution in [0.15, 0.2) is 54.6 Å². The standard InChI is InChI=1S/C24H29NO4/c1-3-4-7-13-25-23-12-6-5-9-20(23)15-24(25)19-10-8-11-22(14-19)29-17-21(27)16-28-18(2)26/h5-6,8-12,14-15,21,27H,3-4,7,13,16-17H2,1-2H3. The number of hydrogen-bond donors (Lipinski definition) is 1. The van der Waals surface area contributed by atoms with E-state index in [0.717, 1.165) is 24.2 Å². The van der Waals surface area contributed by atoms with E-state index in [-0.39, 0.29) is 13.2 Å². The average Bonchev–Trinajstić information content (AvgIpc) is 3.10. The Morgan fingerprint density at radius 3 is 2.69 bits per heavy atom. The van der Waals surface area contributed by atoms with Crippen LogP contribution in [0.3, 0.4) is 0 Å². The summed E-state index contributed by atoms with van der Waals surface area (Å²) in [5.74, 6) is 0.261. The van der Waals surface area contributed by atoms with Crippen LogP contribution in [0.2, 0.25) is 0 Å². The highest BCUT2D eigenvalue weighted by molar-refractivity contribution is 5.87. The fourth-order valence-electron chi connectivity index (χ4n) is 3.41. The van der Waals surface area contributed by atoms with Gasteiger partial charge < -0.3 is 19.1 Å². The van der Waals surface area contributed by atoms with Gasteiger partial charge in [-0.15, -0.1) is 0 Å². The molecule has 3 rings (SSSR count). The molecule has 0 aliphatic heterocycles. The average molecular weight is 395 g/mol. The molecule has 154 valence electrons. The number of ether oxygens (including phenoxy) is 2. The molecule has 0 bridgehead atoms. The van der Waals surface area contributed by atoms with Crippen molar-refractivity contribution in [2.45, 2.75) is 45.8 Å². The first-order valence-corrected chi connectivity index (χ1v) is 10.2. The Balaban J connectivity index is 1.80. The molecule has 0 aliphatic carbocycles. The molecule has 2 aromatic carbocycles. The zero-order chi connectivity index (χ0) is 20.6. The second-order valence-corrected chi connectivity index (χ2v) is 7.24. The summed E-state index contributed by atoms with van der Waals surface area (Å²) in [5, 5.41) is 11.1. The predicted molar refractivity (Wildman–Crippen MR) is 115 cm³/mol. The topological polar surface area (TPSA) is 60.7 Å². The number of fused-ring (bicyclic) bond motifs is 1. The van der Waals surface area contributed by atoms with Crippen molar-refractivity contribution >= 4 is 16.9 Å². The maximum Gasteiger partial charge on any atom is 0.302 e. The van der Waals surface area contributed by atoms with Gasteiger partial charge in [0.1, 0.15) is 25.1 Å². The molecule has 1 unspecified atom stereocenters. The molecule has 1 atom stereocenters. The van der Waals surface area contributed by atoms with Crippen molar-refractivity contribution in [1.29, 1.82) is 0 Å². The van der Waals surface area contributed by atoms with Gasteiger partial charge >= 0.3 is 5.97 Å². The smallest absolute Gasteiger partial charge is 0.302 e. The van der Waals surface area contributed by atoms with E-state index < -0.39 is 12.1 Å². The van der Waals surface area contributed by atoms with Gasteiger partial charge in [-0.3, -0.25) is 4.79 Å². The molecule has 0 spiro atoms. The lowest BCUT2D eigenvalue weighted by molar-refractivity contribution is -0.144. The van der Waals surface area contributed by atoms with E-state index in [0.29, 0.717) is 5.75 Å². The third-order valence-electron chi connectivity index (χ3n) is 4.85. The molecule has 0 radical (unpaired) electrons. The first-order chi connectivity index (χ1) is 14.1. The summed E-state index contributed by atoms with van der Waals surface area (Å²) in [5.41, 5.74) is 3.47. The first kappa shape index (κ1) is 20.9. The van der Waals surface area contributed by atoms with Crippen molar-refractivity contribution in [1.82, 2.24) is 4.57 Å². The highest BCUT2D eigenvalue weighted by Gasteiger charge is 2.12. The minimum Gasteiger partial charge on any atom is -0.491 e. The van der Waals surface area contributed by atoms with Crippen molar-refractivity contribution < 1.29 is 19.4 Å². The predicted octanol–water partition coefficient (Wildman–Crippen LogP) is 4.80. The van der Waals surface area contributed by atoms with Crippen LogP contribution in [0.25, 0.3) is 22.2 Å². The zero-order valence-corrected chi connectivity index (χ0v) is 17.1. The molecule has 5 nitrogen and oxygen atoms in total. The Bertz CT molecular complexity index is 947. The molecule has 0 saturated carbocycles. The van der Waals surface area contributed by atoms with Crippen LogP contribution in [0.4, 0.5) is 0 Å². The maximum atomic E-state index is 10.8. The number of aliphatic hydroxyl groups excluding tert-OH is 1. The van der Waals surface area contributed by atoms with Crippen molar-refractivity contribution in [3.63, 3.8) is 0 Å². The van der Waals surface area contributed by atoms with Crippen molar-refractivity contribution in [2.75, 3.05) is 13.2 Å². The number of aryl methyl sites for hydroxylation is 1. The van der Waals surface area contributed by atoms with Crippen molar-refractivity contribution in [3.8, 4) is 17.0 Å². The second kappa shape index (κ2) is 10.1. The van der Waals surface area contributed by atoms with Gasteiger partial charge in [-0.05, 0) is 30.7 Å². The fraction of sp³-hybridized carbons (Fsp3) is 0.375. The summed E-state index contributed by atoms with van der Waals surface area (Å²) in [6.07, 6.45) is 2.67. The fourth-order valence-corrected chi connectivity index (χ4v) is 3.41. The Hall–Kier alpha value is -2.79. The minimum absolute atomic E-state index is 0.0657. The van der Waals surface area contributed by atoms with Gasteiger partial charge in [0.2, 0.25) is 0 Å². The normalized spacial score (nSPS) is 12.1. The third-order valence-corrected chi connectivity index (χ3v) is 4.85. The molecular weight excluding hydrogens is 366 g/mol. The number of benzene rings is 2. The van der Waals surface area contributed by atoms with Crippen LogP contribution in [-0.4, -0.2) is 35.0 Å². The number of carbonyl (C=O) groups is 1. The Labute approximate surface area is 171 Å². The molecule has 1 aromatic heterocycles. The van der Waals surface area contributed by atoms with Gasteiger partial charge in [0.25, 0.3) is 0 Å². The molecule has 1 heterocycles. The van der Waals surface area contributed by atoms with E-state index in [1.807, 2.05) is 18.2 Å². The monoisotopic (exact) mass is 395 g/mol. The molecule has 0 saturated heterocycles. The molecule has 29 heavy (non-hydrogen) atoms. The summed E-state index contributed by atoms with van der Waals surface area (Å²) in [6.45, 7) is 4.50. The number of aromatic nitrogens is 1. The summed E-state index contributed by atoms with van der Waals surface area (Å²) >= 11 is 0. The number of rotatable bonds is 10. The number of nitrogens with zero attached hydrogens (tertiary/aromatic N) is 1. The maximum absolute atomic E-state index is 10.8. The van der Waals surface area contributed by atoms with Gasteiger partial charge in [-0.2, -0.15) is 0 Å². The van der Waals surface area contributed by atoms with Crippen LogP contribution in [0.1, 0.15) is 33.1 Å². The van der Waals surface area contributed by atoms with Crippen LogP contribution in [0, 0.1) is 0 Å². The Morgan fingerprint density at radius 1 is 1.07 bits per heavy atom. The molecular formula is C24H29NO4. The van der Waals surface area contributed by atoms with Crippen LogP contribution < -0.4 is 4.74 Å². The van der Waals surface area contributed by atoms with E-state index in [4.69, 9.17) is 9.47 Å². The Morgan fingerprint density at radius 2 is 1.90 bits per heavy atom. The third kappa shape index (κ3) is 5.61. The molecule has 1 N–H and O–H groups in total. The van der Waals surface area contributed by atoms with Crippen molar-refractivity contribution in [2.24, 2.45) is 0 Å². The molecule has 3 aromatic rings.